The van der Waals surface area contributed by atoms with E-state index >= 15 is 0 Å². The average molecular weight is 389 g/mol. The molecule has 8 heteroatoms. The Morgan fingerprint density at radius 1 is 1.04 bits per heavy atom. The molecule has 0 spiro atoms. The molecule has 0 amide bonds. The number of carbonyl (C=O) groups is 2. The van der Waals surface area contributed by atoms with Crippen molar-refractivity contribution >= 4 is 27.6 Å². The van der Waals surface area contributed by atoms with Gasteiger partial charge >= 0.3 is 11.9 Å². The van der Waals surface area contributed by atoms with Crippen LogP contribution in [0.25, 0.3) is 0 Å². The van der Waals surface area contributed by atoms with Crippen LogP contribution in [-0.2, 0) is 25.9 Å². The molecule has 3 rings (SSSR count). The Balaban J connectivity index is 2.21. The average Bonchev–Trinajstić information content (AvgIpc) is 3.02. The number of fused-ring (bicyclic) bond motifs is 1. The van der Waals surface area contributed by atoms with E-state index < -0.39 is 22.0 Å². The van der Waals surface area contributed by atoms with Gasteiger partial charge in [-0.1, -0.05) is 18.2 Å². The van der Waals surface area contributed by atoms with Crippen LogP contribution < -0.4 is 4.31 Å². The lowest BCUT2D eigenvalue weighted by Crippen LogP contribution is -2.36. The molecular formula is C19H19NO6S. The topological polar surface area (TPSA) is 90.0 Å². The summed E-state index contributed by atoms with van der Waals surface area (Å²) < 4.78 is 37.6. The number of benzene rings is 2. The van der Waals surface area contributed by atoms with Gasteiger partial charge < -0.3 is 9.47 Å². The van der Waals surface area contributed by atoms with Gasteiger partial charge in [0.2, 0.25) is 0 Å². The summed E-state index contributed by atoms with van der Waals surface area (Å²) in [6.45, 7) is 1.79. The van der Waals surface area contributed by atoms with Crippen LogP contribution in [0.2, 0.25) is 0 Å². The van der Waals surface area contributed by atoms with E-state index in [-0.39, 0.29) is 22.1 Å². The van der Waals surface area contributed by atoms with E-state index in [4.69, 9.17) is 4.74 Å². The molecule has 2 aromatic rings. The molecule has 0 radical (unpaired) electrons. The van der Waals surface area contributed by atoms with Crippen LogP contribution in [0.3, 0.4) is 0 Å². The van der Waals surface area contributed by atoms with Gasteiger partial charge in [0, 0.05) is 6.04 Å². The quantitative estimate of drug-likeness (QED) is 0.746. The molecule has 0 saturated carbocycles. The van der Waals surface area contributed by atoms with Gasteiger partial charge in [0.25, 0.3) is 10.0 Å². The fourth-order valence-electron chi connectivity index (χ4n) is 3.27. The van der Waals surface area contributed by atoms with Crippen molar-refractivity contribution in [2.24, 2.45) is 0 Å². The normalized spacial score (nSPS) is 16.0. The minimum atomic E-state index is -4.13. The van der Waals surface area contributed by atoms with Gasteiger partial charge in [-0.25, -0.2) is 18.0 Å². The van der Waals surface area contributed by atoms with Crippen LogP contribution in [0.5, 0.6) is 0 Å². The second-order valence-electron chi connectivity index (χ2n) is 6.18. The second kappa shape index (κ2) is 7.03. The molecule has 1 heterocycles. The highest BCUT2D eigenvalue weighted by atomic mass is 32.2. The zero-order valence-corrected chi connectivity index (χ0v) is 15.9. The highest BCUT2D eigenvalue weighted by Gasteiger charge is 2.38. The number of nitrogens with zero attached hydrogens (tertiary/aromatic N) is 1. The predicted molar refractivity (Wildman–Crippen MR) is 98.4 cm³/mol. The Kier molecular flexibility index (Phi) is 4.93. The summed E-state index contributed by atoms with van der Waals surface area (Å²) in [5.74, 6) is -1.50. The Morgan fingerprint density at radius 3 is 2.37 bits per heavy atom. The molecule has 0 aromatic heterocycles. The monoisotopic (exact) mass is 389 g/mol. The number of para-hydroxylation sites is 1. The highest BCUT2D eigenvalue weighted by molar-refractivity contribution is 7.93. The molecule has 142 valence electrons. The first-order valence-corrected chi connectivity index (χ1v) is 9.68. The van der Waals surface area contributed by atoms with Gasteiger partial charge in [0.15, 0.2) is 0 Å². The predicted octanol–water partition coefficient (Wildman–Crippen LogP) is 2.40. The Labute approximate surface area is 157 Å². The van der Waals surface area contributed by atoms with Crippen LogP contribution in [0.1, 0.15) is 33.2 Å². The number of rotatable bonds is 4. The van der Waals surface area contributed by atoms with E-state index in [1.54, 1.807) is 19.1 Å². The van der Waals surface area contributed by atoms with Gasteiger partial charge in [-0.05, 0) is 43.2 Å². The van der Waals surface area contributed by atoms with Crippen molar-refractivity contribution in [2.75, 3.05) is 18.5 Å². The molecule has 0 unspecified atom stereocenters. The lowest BCUT2D eigenvalue weighted by Gasteiger charge is -2.25. The molecule has 0 aliphatic carbocycles. The number of methoxy groups -OCH3 is 2. The summed E-state index contributed by atoms with van der Waals surface area (Å²) in [4.78, 5) is 23.7. The van der Waals surface area contributed by atoms with Crippen molar-refractivity contribution in [1.29, 1.82) is 0 Å². The number of esters is 2. The summed E-state index contributed by atoms with van der Waals surface area (Å²) in [7, 11) is -1.76. The molecule has 2 aromatic carbocycles. The fraction of sp³-hybridized carbons (Fsp3) is 0.263. The van der Waals surface area contributed by atoms with Gasteiger partial charge in [0.1, 0.15) is 4.90 Å². The van der Waals surface area contributed by atoms with E-state index in [2.05, 4.69) is 4.74 Å². The van der Waals surface area contributed by atoms with Crippen molar-refractivity contribution in [2.45, 2.75) is 24.3 Å². The smallest absolute Gasteiger partial charge is 0.339 e. The van der Waals surface area contributed by atoms with Gasteiger partial charge in [-0.15, -0.1) is 0 Å². The molecule has 0 bridgehead atoms. The van der Waals surface area contributed by atoms with Crippen LogP contribution >= 0.6 is 0 Å². The molecule has 0 saturated heterocycles. The summed E-state index contributed by atoms with van der Waals surface area (Å²) in [5, 5.41) is 0. The summed E-state index contributed by atoms with van der Waals surface area (Å²) in [5.41, 5.74) is 1.35. The summed E-state index contributed by atoms with van der Waals surface area (Å²) in [6.07, 6.45) is 0.555. The number of ether oxygens (including phenoxy) is 2. The Morgan fingerprint density at radius 2 is 1.70 bits per heavy atom. The number of hydrogen-bond donors (Lipinski definition) is 0. The van der Waals surface area contributed by atoms with E-state index in [0.717, 1.165) is 11.6 Å². The highest BCUT2D eigenvalue weighted by Crippen LogP contribution is 2.37. The first kappa shape index (κ1) is 18.9. The van der Waals surface area contributed by atoms with E-state index in [0.29, 0.717) is 12.1 Å². The zero-order chi connectivity index (χ0) is 19.8. The largest absolute Gasteiger partial charge is 0.465 e. The maximum atomic E-state index is 13.5. The van der Waals surface area contributed by atoms with Crippen molar-refractivity contribution < 1.29 is 27.5 Å². The molecule has 1 aliphatic heterocycles. The summed E-state index contributed by atoms with van der Waals surface area (Å²) in [6, 6.07) is 10.6. The molecule has 27 heavy (non-hydrogen) atoms. The third kappa shape index (κ3) is 3.16. The van der Waals surface area contributed by atoms with E-state index in [9.17, 15) is 18.0 Å². The maximum Gasteiger partial charge on any atom is 0.339 e. The lowest BCUT2D eigenvalue weighted by molar-refractivity contribution is 0.0583. The van der Waals surface area contributed by atoms with Crippen molar-refractivity contribution in [1.82, 2.24) is 0 Å². The van der Waals surface area contributed by atoms with Crippen LogP contribution in [0.4, 0.5) is 5.69 Å². The minimum Gasteiger partial charge on any atom is -0.465 e. The molecule has 7 nitrogen and oxygen atoms in total. The van der Waals surface area contributed by atoms with Crippen molar-refractivity contribution in [3.05, 3.63) is 59.2 Å². The van der Waals surface area contributed by atoms with Gasteiger partial charge in [-0.3, -0.25) is 4.31 Å². The Hall–Kier alpha value is -2.87. The van der Waals surface area contributed by atoms with Crippen molar-refractivity contribution in [3.63, 3.8) is 0 Å². The Bertz CT molecular complexity index is 1010. The fourth-order valence-corrected chi connectivity index (χ4v) is 5.17. The third-order valence-corrected chi connectivity index (χ3v) is 6.46. The molecule has 1 atom stereocenters. The SMILES string of the molecule is COC(=O)c1ccc(C(=O)OC)c(S(=O)(=O)N2c3ccccc3C[C@H]2C)c1. The lowest BCUT2D eigenvalue weighted by atomic mass is 10.1. The van der Waals surface area contributed by atoms with E-state index in [1.807, 2.05) is 12.1 Å². The molecule has 1 aliphatic rings. The maximum absolute atomic E-state index is 13.5. The number of sulfonamides is 1. The first-order chi connectivity index (χ1) is 12.8. The van der Waals surface area contributed by atoms with Crippen LogP contribution in [-0.4, -0.2) is 40.6 Å². The minimum absolute atomic E-state index is 0.0314. The molecular weight excluding hydrogens is 370 g/mol. The number of hydrogen-bond acceptors (Lipinski definition) is 6. The molecule has 0 fully saturated rings. The third-order valence-electron chi connectivity index (χ3n) is 4.49. The first-order valence-electron chi connectivity index (χ1n) is 8.24. The van der Waals surface area contributed by atoms with Gasteiger partial charge in [0.05, 0.1) is 31.0 Å². The number of anilines is 1. The van der Waals surface area contributed by atoms with Crippen LogP contribution in [0, 0.1) is 0 Å². The number of carbonyl (C=O) groups excluding carboxylic acids is 2. The second-order valence-corrected chi connectivity index (χ2v) is 7.96. The molecule has 0 N–H and O–H groups in total. The van der Waals surface area contributed by atoms with Crippen LogP contribution in [0.15, 0.2) is 47.4 Å². The zero-order valence-electron chi connectivity index (χ0n) is 15.1. The standard InChI is InChI=1S/C19H19NO6S/c1-12-10-13-6-4-5-7-16(13)20(12)27(23,24)17-11-14(18(21)25-2)8-9-15(17)19(22)26-3/h4-9,11-12H,10H2,1-3H3/t12-/m1/s1. The van der Waals surface area contributed by atoms with Crippen molar-refractivity contribution in [3.8, 4) is 0 Å². The van der Waals surface area contributed by atoms with E-state index in [1.165, 1.54) is 30.7 Å². The summed E-state index contributed by atoms with van der Waals surface area (Å²) >= 11 is 0. The van der Waals surface area contributed by atoms with Gasteiger partial charge in [-0.2, -0.15) is 0 Å².